The average Bonchev–Trinajstić information content (AvgIpc) is 2.40. The topological polar surface area (TPSA) is 41.5 Å². The van der Waals surface area contributed by atoms with Crippen molar-refractivity contribution in [1.82, 2.24) is 0 Å². The van der Waals surface area contributed by atoms with Gasteiger partial charge in [0.15, 0.2) is 0 Å². The standard InChI is InChI=1S/C16H19NO2/c1-12(14-6-8-16(18)9-7-14)17-15-5-3-4-13(10-15)11-19-2/h3-10,12,17-18H,11H2,1-2H3. The quantitative estimate of drug-likeness (QED) is 0.858. The van der Waals surface area contributed by atoms with Gasteiger partial charge in [0, 0.05) is 18.8 Å². The Kier molecular flexibility index (Phi) is 4.42. The Balaban J connectivity index is 2.07. The highest BCUT2D eigenvalue weighted by molar-refractivity contribution is 5.47. The zero-order valence-corrected chi connectivity index (χ0v) is 11.3. The van der Waals surface area contributed by atoms with E-state index in [9.17, 15) is 5.11 Å². The molecule has 0 radical (unpaired) electrons. The molecule has 0 aliphatic carbocycles. The van der Waals surface area contributed by atoms with Crippen LogP contribution in [0, 0.1) is 0 Å². The fourth-order valence-corrected chi connectivity index (χ4v) is 2.01. The summed E-state index contributed by atoms with van der Waals surface area (Å²) in [7, 11) is 1.69. The summed E-state index contributed by atoms with van der Waals surface area (Å²) in [4.78, 5) is 0. The maximum Gasteiger partial charge on any atom is 0.115 e. The lowest BCUT2D eigenvalue weighted by atomic mass is 10.1. The normalized spacial score (nSPS) is 12.1. The second-order valence-electron chi connectivity index (χ2n) is 4.59. The van der Waals surface area contributed by atoms with Crippen molar-refractivity contribution in [2.45, 2.75) is 19.6 Å². The number of nitrogens with one attached hydrogen (secondary N) is 1. The molecule has 100 valence electrons. The summed E-state index contributed by atoms with van der Waals surface area (Å²) in [5, 5.41) is 12.7. The molecule has 0 aliphatic heterocycles. The molecule has 19 heavy (non-hydrogen) atoms. The van der Waals surface area contributed by atoms with Crippen LogP contribution in [0.4, 0.5) is 5.69 Å². The van der Waals surface area contributed by atoms with Gasteiger partial charge in [0.25, 0.3) is 0 Å². The summed E-state index contributed by atoms with van der Waals surface area (Å²) in [5.41, 5.74) is 3.34. The number of rotatable bonds is 5. The van der Waals surface area contributed by atoms with Gasteiger partial charge >= 0.3 is 0 Å². The molecule has 0 saturated carbocycles. The lowest BCUT2D eigenvalue weighted by Crippen LogP contribution is -2.06. The lowest BCUT2D eigenvalue weighted by Gasteiger charge is -2.16. The molecule has 0 bridgehead atoms. The molecule has 0 fully saturated rings. The van der Waals surface area contributed by atoms with E-state index in [1.165, 1.54) is 0 Å². The summed E-state index contributed by atoms with van der Waals surface area (Å²) < 4.78 is 5.13. The summed E-state index contributed by atoms with van der Waals surface area (Å²) in [6.45, 7) is 2.71. The highest BCUT2D eigenvalue weighted by Crippen LogP contribution is 2.21. The van der Waals surface area contributed by atoms with Crippen LogP contribution in [0.25, 0.3) is 0 Å². The van der Waals surface area contributed by atoms with Crippen molar-refractivity contribution in [2.75, 3.05) is 12.4 Å². The number of aromatic hydroxyl groups is 1. The number of benzene rings is 2. The number of phenolic OH excluding ortho intramolecular Hbond substituents is 1. The summed E-state index contributed by atoms with van der Waals surface area (Å²) in [6, 6.07) is 15.6. The Morgan fingerprint density at radius 2 is 1.89 bits per heavy atom. The van der Waals surface area contributed by atoms with E-state index in [2.05, 4.69) is 18.3 Å². The lowest BCUT2D eigenvalue weighted by molar-refractivity contribution is 0.185. The third kappa shape index (κ3) is 3.73. The van der Waals surface area contributed by atoms with Gasteiger partial charge in [-0.2, -0.15) is 0 Å². The van der Waals surface area contributed by atoms with Gasteiger partial charge in [-0.25, -0.2) is 0 Å². The van der Waals surface area contributed by atoms with Crippen LogP contribution < -0.4 is 5.32 Å². The molecule has 0 aromatic heterocycles. The van der Waals surface area contributed by atoms with Crippen LogP contribution in [0.5, 0.6) is 5.75 Å². The van der Waals surface area contributed by atoms with Crippen molar-refractivity contribution in [3.63, 3.8) is 0 Å². The highest BCUT2D eigenvalue weighted by atomic mass is 16.5. The summed E-state index contributed by atoms with van der Waals surface area (Å²) in [6.07, 6.45) is 0. The Labute approximate surface area is 113 Å². The van der Waals surface area contributed by atoms with Crippen LogP contribution in [-0.4, -0.2) is 12.2 Å². The molecule has 2 aromatic rings. The molecule has 0 heterocycles. The van der Waals surface area contributed by atoms with Crippen molar-refractivity contribution in [1.29, 1.82) is 0 Å². The van der Waals surface area contributed by atoms with Gasteiger partial charge in [-0.1, -0.05) is 24.3 Å². The molecular weight excluding hydrogens is 238 g/mol. The Hall–Kier alpha value is -2.00. The SMILES string of the molecule is COCc1cccc(NC(C)c2ccc(O)cc2)c1. The number of hydrogen-bond acceptors (Lipinski definition) is 3. The molecule has 0 spiro atoms. The third-order valence-electron chi connectivity index (χ3n) is 3.01. The van der Waals surface area contributed by atoms with Crippen molar-refractivity contribution in [3.05, 3.63) is 59.7 Å². The average molecular weight is 257 g/mol. The minimum atomic E-state index is 0.179. The Morgan fingerprint density at radius 1 is 1.16 bits per heavy atom. The highest BCUT2D eigenvalue weighted by Gasteiger charge is 2.05. The molecule has 3 nitrogen and oxygen atoms in total. The second kappa shape index (κ2) is 6.25. The van der Waals surface area contributed by atoms with E-state index >= 15 is 0 Å². The zero-order valence-electron chi connectivity index (χ0n) is 11.3. The van der Waals surface area contributed by atoms with Crippen molar-refractivity contribution < 1.29 is 9.84 Å². The van der Waals surface area contributed by atoms with Gasteiger partial charge < -0.3 is 15.2 Å². The van der Waals surface area contributed by atoms with Gasteiger partial charge in [0.1, 0.15) is 5.75 Å². The van der Waals surface area contributed by atoms with E-state index in [4.69, 9.17) is 4.74 Å². The van der Waals surface area contributed by atoms with Gasteiger partial charge in [0.2, 0.25) is 0 Å². The number of methoxy groups -OCH3 is 1. The van der Waals surface area contributed by atoms with Crippen LogP contribution in [0.15, 0.2) is 48.5 Å². The predicted molar refractivity (Wildman–Crippen MR) is 77.3 cm³/mol. The van der Waals surface area contributed by atoms with Crippen LogP contribution >= 0.6 is 0 Å². The van der Waals surface area contributed by atoms with Gasteiger partial charge in [-0.05, 0) is 42.3 Å². The van der Waals surface area contributed by atoms with Crippen molar-refractivity contribution in [2.24, 2.45) is 0 Å². The number of hydrogen-bond donors (Lipinski definition) is 2. The number of anilines is 1. The van der Waals surface area contributed by atoms with E-state index in [1.807, 2.05) is 30.3 Å². The minimum Gasteiger partial charge on any atom is -0.508 e. The summed E-state index contributed by atoms with van der Waals surface area (Å²) in [5.74, 6) is 0.290. The largest absolute Gasteiger partial charge is 0.508 e. The first kappa shape index (κ1) is 13.4. The molecule has 0 amide bonds. The van der Waals surface area contributed by atoms with Gasteiger partial charge in [0.05, 0.1) is 6.61 Å². The first-order valence-electron chi connectivity index (χ1n) is 6.32. The predicted octanol–water partition coefficient (Wildman–Crippen LogP) is 3.71. The third-order valence-corrected chi connectivity index (χ3v) is 3.01. The first-order chi connectivity index (χ1) is 9.19. The fourth-order valence-electron chi connectivity index (χ4n) is 2.01. The maximum atomic E-state index is 9.29. The molecule has 0 saturated heterocycles. The van der Waals surface area contributed by atoms with Crippen LogP contribution in [0.2, 0.25) is 0 Å². The number of phenols is 1. The molecule has 1 atom stereocenters. The van der Waals surface area contributed by atoms with Crippen LogP contribution in [-0.2, 0) is 11.3 Å². The van der Waals surface area contributed by atoms with Crippen molar-refractivity contribution in [3.8, 4) is 5.75 Å². The number of ether oxygens (including phenoxy) is 1. The Bertz CT molecular complexity index is 523. The summed E-state index contributed by atoms with van der Waals surface area (Å²) >= 11 is 0. The second-order valence-corrected chi connectivity index (χ2v) is 4.59. The van der Waals surface area contributed by atoms with E-state index in [-0.39, 0.29) is 11.8 Å². The van der Waals surface area contributed by atoms with Crippen LogP contribution in [0.3, 0.4) is 0 Å². The van der Waals surface area contributed by atoms with E-state index < -0.39 is 0 Å². The molecule has 2 aromatic carbocycles. The molecule has 2 N–H and O–H groups in total. The molecular formula is C16H19NO2. The zero-order chi connectivity index (χ0) is 13.7. The molecule has 3 heteroatoms. The van der Waals surface area contributed by atoms with Crippen LogP contribution in [0.1, 0.15) is 24.1 Å². The monoisotopic (exact) mass is 257 g/mol. The van der Waals surface area contributed by atoms with Gasteiger partial charge in [-0.15, -0.1) is 0 Å². The van der Waals surface area contributed by atoms with Crippen molar-refractivity contribution >= 4 is 5.69 Å². The van der Waals surface area contributed by atoms with Gasteiger partial charge in [-0.3, -0.25) is 0 Å². The van der Waals surface area contributed by atoms with E-state index in [1.54, 1.807) is 19.2 Å². The maximum absolute atomic E-state index is 9.29. The molecule has 1 unspecified atom stereocenters. The van der Waals surface area contributed by atoms with E-state index in [0.717, 1.165) is 16.8 Å². The minimum absolute atomic E-state index is 0.179. The molecule has 0 aliphatic rings. The smallest absolute Gasteiger partial charge is 0.115 e. The first-order valence-corrected chi connectivity index (χ1v) is 6.32. The molecule has 2 rings (SSSR count). The Morgan fingerprint density at radius 3 is 2.58 bits per heavy atom. The van der Waals surface area contributed by atoms with E-state index in [0.29, 0.717) is 6.61 Å². The fraction of sp³-hybridized carbons (Fsp3) is 0.250.